The van der Waals surface area contributed by atoms with Gasteiger partial charge in [-0.15, -0.1) is 0 Å². The van der Waals surface area contributed by atoms with E-state index in [4.69, 9.17) is 4.42 Å². The summed E-state index contributed by atoms with van der Waals surface area (Å²) in [7, 11) is 0. The molecule has 0 atom stereocenters. The first-order chi connectivity index (χ1) is 9.19. The van der Waals surface area contributed by atoms with Crippen LogP contribution in [0.3, 0.4) is 0 Å². The maximum atomic E-state index is 11.7. The van der Waals surface area contributed by atoms with Crippen LogP contribution in [-0.4, -0.2) is 17.1 Å². The molecule has 0 fully saturated rings. The SMILES string of the molecule is CCc1ccc(C(=O)N/N=C\c2ccc(Br)o2)nc1. The van der Waals surface area contributed by atoms with Gasteiger partial charge in [0, 0.05) is 6.20 Å². The zero-order valence-electron chi connectivity index (χ0n) is 10.3. The van der Waals surface area contributed by atoms with Gasteiger partial charge in [-0.05, 0) is 46.1 Å². The number of furan rings is 1. The highest BCUT2D eigenvalue weighted by molar-refractivity contribution is 9.10. The van der Waals surface area contributed by atoms with Crippen LogP contribution in [0.1, 0.15) is 28.7 Å². The third kappa shape index (κ3) is 3.75. The second kappa shape index (κ2) is 6.29. The molecule has 2 aromatic heterocycles. The van der Waals surface area contributed by atoms with E-state index in [1.54, 1.807) is 24.4 Å². The normalized spacial score (nSPS) is 10.8. The summed E-state index contributed by atoms with van der Waals surface area (Å²) in [6.45, 7) is 2.03. The summed E-state index contributed by atoms with van der Waals surface area (Å²) >= 11 is 3.18. The Morgan fingerprint density at radius 1 is 1.47 bits per heavy atom. The Bertz CT molecular complexity index is 590. The lowest BCUT2D eigenvalue weighted by molar-refractivity contribution is 0.0950. The van der Waals surface area contributed by atoms with E-state index in [9.17, 15) is 4.79 Å². The Morgan fingerprint density at radius 3 is 2.89 bits per heavy atom. The number of amides is 1. The topological polar surface area (TPSA) is 67.5 Å². The van der Waals surface area contributed by atoms with Crippen LogP contribution in [0.15, 0.2) is 44.7 Å². The van der Waals surface area contributed by atoms with Gasteiger partial charge in [-0.2, -0.15) is 5.10 Å². The van der Waals surface area contributed by atoms with E-state index in [2.05, 4.69) is 31.4 Å². The molecular weight excluding hydrogens is 310 g/mol. The Hall–Kier alpha value is -1.95. The molecule has 0 bridgehead atoms. The highest BCUT2D eigenvalue weighted by Crippen LogP contribution is 2.11. The Kier molecular flexibility index (Phi) is 4.46. The average molecular weight is 322 g/mol. The van der Waals surface area contributed by atoms with Crippen molar-refractivity contribution in [1.82, 2.24) is 10.4 Å². The molecule has 0 aromatic carbocycles. The van der Waals surface area contributed by atoms with E-state index in [0.717, 1.165) is 12.0 Å². The van der Waals surface area contributed by atoms with Crippen molar-refractivity contribution < 1.29 is 9.21 Å². The Labute approximate surface area is 118 Å². The highest BCUT2D eigenvalue weighted by Gasteiger charge is 2.05. The summed E-state index contributed by atoms with van der Waals surface area (Å²) < 4.78 is 5.81. The van der Waals surface area contributed by atoms with E-state index in [-0.39, 0.29) is 5.91 Å². The number of rotatable bonds is 4. The van der Waals surface area contributed by atoms with Crippen molar-refractivity contribution in [3.05, 3.63) is 52.1 Å². The molecule has 5 nitrogen and oxygen atoms in total. The predicted molar refractivity (Wildman–Crippen MR) is 75.1 cm³/mol. The lowest BCUT2D eigenvalue weighted by atomic mass is 10.2. The fourth-order valence-electron chi connectivity index (χ4n) is 1.38. The molecule has 0 unspecified atom stereocenters. The number of halogens is 1. The Morgan fingerprint density at radius 2 is 2.32 bits per heavy atom. The third-order valence-electron chi connectivity index (χ3n) is 2.42. The molecule has 0 saturated heterocycles. The molecule has 0 aliphatic rings. The summed E-state index contributed by atoms with van der Waals surface area (Å²) in [5.41, 5.74) is 3.80. The molecule has 2 aromatic rings. The predicted octanol–water partition coefficient (Wildman–Crippen LogP) is 2.76. The zero-order valence-corrected chi connectivity index (χ0v) is 11.8. The summed E-state index contributed by atoms with van der Waals surface area (Å²) in [6, 6.07) is 7.02. The number of nitrogens with zero attached hydrogens (tertiary/aromatic N) is 2. The molecule has 0 saturated carbocycles. The van der Waals surface area contributed by atoms with E-state index >= 15 is 0 Å². The van der Waals surface area contributed by atoms with Crippen LogP contribution in [0, 0.1) is 0 Å². The molecule has 19 heavy (non-hydrogen) atoms. The first-order valence-corrected chi connectivity index (χ1v) is 6.52. The zero-order chi connectivity index (χ0) is 13.7. The van der Waals surface area contributed by atoms with Crippen molar-refractivity contribution in [3.63, 3.8) is 0 Å². The molecule has 0 aliphatic heterocycles. The molecule has 0 aliphatic carbocycles. The van der Waals surface area contributed by atoms with Gasteiger partial charge in [0.2, 0.25) is 0 Å². The van der Waals surface area contributed by atoms with Crippen LogP contribution in [-0.2, 0) is 6.42 Å². The number of aryl methyl sites for hydroxylation is 1. The third-order valence-corrected chi connectivity index (χ3v) is 2.84. The van der Waals surface area contributed by atoms with E-state index in [0.29, 0.717) is 16.1 Å². The molecule has 98 valence electrons. The number of hydrogen-bond donors (Lipinski definition) is 1. The largest absolute Gasteiger partial charge is 0.448 e. The van der Waals surface area contributed by atoms with Crippen molar-refractivity contribution >= 4 is 28.1 Å². The van der Waals surface area contributed by atoms with Gasteiger partial charge in [-0.3, -0.25) is 9.78 Å². The lowest BCUT2D eigenvalue weighted by Crippen LogP contribution is -2.18. The van der Waals surface area contributed by atoms with Crippen molar-refractivity contribution in [2.24, 2.45) is 5.10 Å². The van der Waals surface area contributed by atoms with Crippen LogP contribution < -0.4 is 5.43 Å². The maximum absolute atomic E-state index is 11.7. The lowest BCUT2D eigenvalue weighted by Gasteiger charge is -1.99. The summed E-state index contributed by atoms with van der Waals surface area (Å²) in [5, 5.41) is 3.79. The van der Waals surface area contributed by atoms with Gasteiger partial charge in [-0.25, -0.2) is 5.43 Å². The quantitative estimate of drug-likeness (QED) is 0.695. The van der Waals surface area contributed by atoms with Gasteiger partial charge < -0.3 is 4.42 Å². The number of carbonyl (C=O) groups is 1. The van der Waals surface area contributed by atoms with Gasteiger partial charge in [0.05, 0.1) is 6.21 Å². The van der Waals surface area contributed by atoms with E-state index in [1.165, 1.54) is 6.21 Å². The van der Waals surface area contributed by atoms with Crippen LogP contribution in [0.2, 0.25) is 0 Å². The summed E-state index contributed by atoms with van der Waals surface area (Å²) in [4.78, 5) is 15.8. The number of aromatic nitrogens is 1. The fourth-order valence-corrected chi connectivity index (χ4v) is 1.70. The second-order valence-electron chi connectivity index (χ2n) is 3.75. The first-order valence-electron chi connectivity index (χ1n) is 5.72. The summed E-state index contributed by atoms with van der Waals surface area (Å²) in [5.74, 6) is 0.186. The molecule has 0 spiro atoms. The van der Waals surface area contributed by atoms with Crippen molar-refractivity contribution in [2.45, 2.75) is 13.3 Å². The number of hydrazone groups is 1. The number of carbonyl (C=O) groups excluding carboxylic acids is 1. The van der Waals surface area contributed by atoms with Gasteiger partial charge in [0.25, 0.3) is 5.91 Å². The van der Waals surface area contributed by atoms with Crippen LogP contribution >= 0.6 is 15.9 Å². The minimum Gasteiger partial charge on any atom is -0.448 e. The average Bonchev–Trinajstić information content (AvgIpc) is 2.84. The number of nitrogens with one attached hydrogen (secondary N) is 1. The first kappa shape index (κ1) is 13.5. The van der Waals surface area contributed by atoms with Gasteiger partial charge in [0.15, 0.2) is 4.67 Å². The molecule has 6 heteroatoms. The van der Waals surface area contributed by atoms with E-state index in [1.807, 2.05) is 13.0 Å². The van der Waals surface area contributed by atoms with Gasteiger partial charge >= 0.3 is 0 Å². The van der Waals surface area contributed by atoms with Crippen molar-refractivity contribution in [3.8, 4) is 0 Å². The smallest absolute Gasteiger partial charge is 0.289 e. The van der Waals surface area contributed by atoms with Crippen molar-refractivity contribution in [2.75, 3.05) is 0 Å². The molecule has 0 radical (unpaired) electrons. The summed E-state index contributed by atoms with van der Waals surface area (Å²) in [6.07, 6.45) is 3.99. The van der Waals surface area contributed by atoms with Crippen molar-refractivity contribution in [1.29, 1.82) is 0 Å². The van der Waals surface area contributed by atoms with Gasteiger partial charge in [0.1, 0.15) is 11.5 Å². The highest BCUT2D eigenvalue weighted by atomic mass is 79.9. The number of pyridine rings is 1. The molecule has 2 rings (SSSR count). The standard InChI is InChI=1S/C13H12BrN3O2/c1-2-9-3-5-11(15-7-9)13(18)17-16-8-10-4-6-12(14)19-10/h3-8H,2H2,1H3,(H,17,18)/b16-8-. The maximum Gasteiger partial charge on any atom is 0.289 e. The minimum atomic E-state index is -0.357. The van der Waals surface area contributed by atoms with Crippen LogP contribution in [0.25, 0.3) is 0 Å². The van der Waals surface area contributed by atoms with Gasteiger partial charge in [-0.1, -0.05) is 13.0 Å². The van der Waals surface area contributed by atoms with E-state index < -0.39 is 0 Å². The Balaban J connectivity index is 1.95. The van der Waals surface area contributed by atoms with Crippen LogP contribution in [0.4, 0.5) is 0 Å². The molecule has 2 heterocycles. The fraction of sp³-hybridized carbons (Fsp3) is 0.154. The molecule has 1 N–H and O–H groups in total. The van der Waals surface area contributed by atoms with Crippen LogP contribution in [0.5, 0.6) is 0 Å². The number of hydrogen-bond acceptors (Lipinski definition) is 4. The monoisotopic (exact) mass is 321 g/mol. The molecular formula is C13H12BrN3O2. The second-order valence-corrected chi connectivity index (χ2v) is 4.53. The minimum absolute atomic E-state index is 0.329. The molecule has 1 amide bonds.